The number of fused-ring (bicyclic) bond motifs is 1. The summed E-state index contributed by atoms with van der Waals surface area (Å²) < 4.78 is 69.3. The van der Waals surface area contributed by atoms with Gasteiger partial charge in [0.15, 0.2) is 0 Å². The van der Waals surface area contributed by atoms with Crippen LogP contribution in [0.1, 0.15) is 5.56 Å². The first kappa shape index (κ1) is 24.4. The lowest BCUT2D eigenvalue weighted by atomic mass is 10.1. The van der Waals surface area contributed by atoms with Crippen LogP contribution >= 0.6 is 11.6 Å². The highest BCUT2D eigenvalue weighted by Gasteiger charge is 2.31. The van der Waals surface area contributed by atoms with Crippen molar-refractivity contribution in [2.75, 3.05) is 4.72 Å². The van der Waals surface area contributed by atoms with Crippen LogP contribution in [0.3, 0.4) is 0 Å². The second-order valence-electron chi connectivity index (χ2n) is 7.44. The molecule has 0 bridgehead atoms. The molecule has 0 aliphatic carbocycles. The number of rotatable bonds is 5. The van der Waals surface area contributed by atoms with Crippen LogP contribution in [0.25, 0.3) is 22.2 Å². The zero-order valence-electron chi connectivity index (χ0n) is 17.7. The molecular formula is C22H15ClF3N3O5S. The molecule has 182 valence electrons. The standard InChI is InChI=1S/C22H15ClF3N3O5S/c1-11-8-17-18(28-21(31)20(30)27-17)10-19(11)35(32,33)29-13-4-7-15(16(23)9-13)12-2-5-14(6-3-12)34-22(24,25)26/h2-10,29H,1H3,(H,27,30)(H,28,31). The highest BCUT2D eigenvalue weighted by atomic mass is 35.5. The summed E-state index contributed by atoms with van der Waals surface area (Å²) in [7, 11) is -4.12. The Bertz CT molecular complexity index is 1660. The van der Waals surface area contributed by atoms with Crippen molar-refractivity contribution in [3.05, 3.63) is 85.9 Å². The van der Waals surface area contributed by atoms with Gasteiger partial charge in [0.05, 0.1) is 26.6 Å². The zero-order chi connectivity index (χ0) is 25.5. The topological polar surface area (TPSA) is 121 Å². The fourth-order valence-corrected chi connectivity index (χ4v) is 4.99. The third kappa shape index (κ3) is 5.33. The lowest BCUT2D eigenvalue weighted by Gasteiger charge is -2.13. The molecule has 3 N–H and O–H groups in total. The van der Waals surface area contributed by atoms with E-state index >= 15 is 0 Å². The van der Waals surface area contributed by atoms with Crippen molar-refractivity contribution in [3.63, 3.8) is 0 Å². The number of aryl methyl sites for hydroxylation is 1. The monoisotopic (exact) mass is 525 g/mol. The SMILES string of the molecule is Cc1cc2[nH]c(=O)c(=O)[nH]c2cc1S(=O)(=O)Nc1ccc(-c2ccc(OC(F)(F)F)cc2)c(Cl)c1. The number of benzene rings is 3. The third-order valence-electron chi connectivity index (χ3n) is 4.93. The van der Waals surface area contributed by atoms with Crippen molar-refractivity contribution in [2.45, 2.75) is 18.2 Å². The van der Waals surface area contributed by atoms with E-state index in [0.29, 0.717) is 16.7 Å². The van der Waals surface area contributed by atoms with Gasteiger partial charge in [-0.2, -0.15) is 0 Å². The van der Waals surface area contributed by atoms with Gasteiger partial charge in [0.25, 0.3) is 10.0 Å². The Morgan fingerprint density at radius 2 is 1.51 bits per heavy atom. The van der Waals surface area contributed by atoms with E-state index in [1.54, 1.807) is 0 Å². The van der Waals surface area contributed by atoms with Crippen LogP contribution in [-0.4, -0.2) is 24.7 Å². The number of H-pyrrole nitrogens is 2. The van der Waals surface area contributed by atoms with Crippen molar-refractivity contribution in [1.82, 2.24) is 9.97 Å². The Balaban J connectivity index is 1.62. The first-order valence-corrected chi connectivity index (χ1v) is 11.6. The van der Waals surface area contributed by atoms with Crippen LogP contribution in [0.4, 0.5) is 18.9 Å². The van der Waals surface area contributed by atoms with Crippen LogP contribution in [-0.2, 0) is 10.0 Å². The van der Waals surface area contributed by atoms with E-state index in [0.717, 1.165) is 12.1 Å². The van der Waals surface area contributed by atoms with Gasteiger partial charge in [-0.25, -0.2) is 8.42 Å². The molecule has 4 aromatic rings. The number of aromatic nitrogens is 2. The van der Waals surface area contributed by atoms with Gasteiger partial charge in [0.2, 0.25) is 0 Å². The molecule has 35 heavy (non-hydrogen) atoms. The molecule has 0 spiro atoms. The van der Waals surface area contributed by atoms with Gasteiger partial charge < -0.3 is 14.7 Å². The smallest absolute Gasteiger partial charge is 0.406 e. The van der Waals surface area contributed by atoms with Gasteiger partial charge in [-0.05, 0) is 54.4 Å². The maximum atomic E-state index is 13.0. The maximum absolute atomic E-state index is 13.0. The lowest BCUT2D eigenvalue weighted by Crippen LogP contribution is -2.29. The summed E-state index contributed by atoms with van der Waals surface area (Å²) in [6, 6.07) is 12.0. The maximum Gasteiger partial charge on any atom is 0.573 e. The van der Waals surface area contributed by atoms with E-state index in [-0.39, 0.29) is 26.6 Å². The minimum absolute atomic E-state index is 0.130. The molecule has 13 heteroatoms. The van der Waals surface area contributed by atoms with E-state index in [1.165, 1.54) is 49.4 Å². The molecule has 0 saturated carbocycles. The highest BCUT2D eigenvalue weighted by Crippen LogP contribution is 2.33. The van der Waals surface area contributed by atoms with Crippen LogP contribution in [0.5, 0.6) is 5.75 Å². The Morgan fingerprint density at radius 1 is 0.914 bits per heavy atom. The summed E-state index contributed by atoms with van der Waals surface area (Å²) in [5.41, 5.74) is 0.0126. The van der Waals surface area contributed by atoms with Crippen LogP contribution < -0.4 is 20.6 Å². The van der Waals surface area contributed by atoms with Crippen molar-refractivity contribution < 1.29 is 26.3 Å². The number of nitrogens with one attached hydrogen (secondary N) is 3. The second kappa shape index (κ2) is 8.78. The van der Waals surface area contributed by atoms with Gasteiger partial charge in [-0.1, -0.05) is 29.8 Å². The number of anilines is 1. The van der Waals surface area contributed by atoms with Gasteiger partial charge in [0, 0.05) is 5.56 Å². The molecule has 0 atom stereocenters. The molecule has 0 aliphatic heterocycles. The molecule has 0 saturated heterocycles. The molecule has 1 heterocycles. The summed E-state index contributed by atoms with van der Waals surface area (Å²) in [5.74, 6) is -0.391. The van der Waals surface area contributed by atoms with Gasteiger partial charge in [-0.3, -0.25) is 14.3 Å². The Kier molecular flexibility index (Phi) is 6.11. The predicted molar refractivity (Wildman–Crippen MR) is 124 cm³/mol. The van der Waals surface area contributed by atoms with E-state index < -0.39 is 33.3 Å². The number of hydrogen-bond donors (Lipinski definition) is 3. The number of ether oxygens (including phenoxy) is 1. The number of sulfonamides is 1. The Labute approximate surface area is 200 Å². The van der Waals surface area contributed by atoms with Crippen molar-refractivity contribution in [1.29, 1.82) is 0 Å². The molecule has 0 fully saturated rings. The summed E-state index contributed by atoms with van der Waals surface area (Å²) in [6.45, 7) is 1.53. The van der Waals surface area contributed by atoms with E-state index in [4.69, 9.17) is 11.6 Å². The van der Waals surface area contributed by atoms with Gasteiger partial charge >= 0.3 is 17.5 Å². The number of hydrogen-bond acceptors (Lipinski definition) is 5. The van der Waals surface area contributed by atoms with Gasteiger partial charge in [0.1, 0.15) is 5.75 Å². The largest absolute Gasteiger partial charge is 0.573 e. The minimum atomic E-state index is -4.81. The summed E-state index contributed by atoms with van der Waals surface area (Å²) in [4.78, 5) is 27.7. The molecule has 0 aliphatic rings. The number of alkyl halides is 3. The fraction of sp³-hybridized carbons (Fsp3) is 0.0909. The highest BCUT2D eigenvalue weighted by molar-refractivity contribution is 7.92. The first-order valence-electron chi connectivity index (χ1n) is 9.78. The summed E-state index contributed by atoms with van der Waals surface area (Å²) >= 11 is 6.31. The molecule has 1 aromatic heterocycles. The number of aromatic amines is 2. The van der Waals surface area contributed by atoms with E-state index in [1.807, 2.05) is 0 Å². The Morgan fingerprint density at radius 3 is 2.09 bits per heavy atom. The third-order valence-corrected chi connectivity index (χ3v) is 6.76. The summed E-state index contributed by atoms with van der Waals surface area (Å²) in [5, 5.41) is 0.145. The van der Waals surface area contributed by atoms with Gasteiger partial charge in [-0.15, -0.1) is 13.2 Å². The fourth-order valence-electron chi connectivity index (χ4n) is 3.40. The van der Waals surface area contributed by atoms with Crippen LogP contribution in [0, 0.1) is 6.92 Å². The van der Waals surface area contributed by atoms with Crippen LogP contribution in [0.15, 0.2) is 69.1 Å². The molecule has 0 radical (unpaired) electrons. The average Bonchev–Trinajstić information content (AvgIpc) is 2.74. The van der Waals surface area contributed by atoms with Crippen molar-refractivity contribution >= 4 is 38.3 Å². The molecule has 3 aromatic carbocycles. The first-order chi connectivity index (χ1) is 16.3. The average molecular weight is 526 g/mol. The molecule has 8 nitrogen and oxygen atoms in total. The zero-order valence-corrected chi connectivity index (χ0v) is 19.2. The summed E-state index contributed by atoms with van der Waals surface area (Å²) in [6.07, 6.45) is -4.81. The predicted octanol–water partition coefficient (Wildman–Crippen LogP) is 4.54. The molecule has 0 amide bonds. The molecule has 0 unspecified atom stereocenters. The van der Waals surface area contributed by atoms with Crippen molar-refractivity contribution in [3.8, 4) is 16.9 Å². The normalized spacial score (nSPS) is 12.0. The van der Waals surface area contributed by atoms with E-state index in [2.05, 4.69) is 19.4 Å². The number of halogens is 4. The van der Waals surface area contributed by atoms with E-state index in [9.17, 15) is 31.2 Å². The van der Waals surface area contributed by atoms with Crippen LogP contribution in [0.2, 0.25) is 5.02 Å². The lowest BCUT2D eigenvalue weighted by molar-refractivity contribution is -0.274. The minimum Gasteiger partial charge on any atom is -0.406 e. The quantitative estimate of drug-likeness (QED) is 0.330. The second-order valence-corrected chi connectivity index (χ2v) is 9.50. The molecular weight excluding hydrogens is 511 g/mol. The molecule has 4 rings (SSSR count). The van der Waals surface area contributed by atoms with Crippen molar-refractivity contribution in [2.24, 2.45) is 0 Å². The Hall–Kier alpha value is -3.77.